The Labute approximate surface area is 128 Å². The predicted octanol–water partition coefficient (Wildman–Crippen LogP) is 2.68. The number of nitrogens with two attached hydrogens (primary N) is 1. The summed E-state index contributed by atoms with van der Waals surface area (Å²) >= 11 is 0. The first-order valence-electron chi connectivity index (χ1n) is 7.18. The van der Waals surface area contributed by atoms with E-state index in [-0.39, 0.29) is 11.6 Å². The Morgan fingerprint density at radius 1 is 1.00 bits per heavy atom. The van der Waals surface area contributed by atoms with Crippen LogP contribution in [0.2, 0.25) is 0 Å². The molecule has 0 unspecified atom stereocenters. The van der Waals surface area contributed by atoms with Crippen LogP contribution in [0.5, 0.6) is 0 Å². The molecule has 0 amide bonds. The third kappa shape index (κ3) is 3.30. The third-order valence-electron chi connectivity index (χ3n) is 3.48. The lowest BCUT2D eigenvalue weighted by Gasteiger charge is -2.12. The van der Waals surface area contributed by atoms with E-state index in [1.54, 1.807) is 0 Å². The molecule has 3 rings (SSSR count). The van der Waals surface area contributed by atoms with E-state index in [4.69, 9.17) is 5.73 Å². The standard InChI is InChI=1S/C18H17N3O/c19-15(11-13-7-3-1-4-8-13)18-20-16(12-17(22)21-18)14-9-5-2-6-10-14/h1-10,12,15H,11,19H2,(H,20,21,22)/t15-/m0/s1. The molecule has 1 atom stereocenters. The summed E-state index contributed by atoms with van der Waals surface area (Å²) in [5.74, 6) is 0.509. The average Bonchev–Trinajstić information content (AvgIpc) is 2.56. The first kappa shape index (κ1) is 14.2. The van der Waals surface area contributed by atoms with Gasteiger partial charge in [-0.2, -0.15) is 0 Å². The van der Waals surface area contributed by atoms with Crippen LogP contribution >= 0.6 is 0 Å². The molecule has 22 heavy (non-hydrogen) atoms. The van der Waals surface area contributed by atoms with E-state index in [1.807, 2.05) is 60.7 Å². The second kappa shape index (κ2) is 6.37. The van der Waals surface area contributed by atoms with E-state index in [0.29, 0.717) is 17.9 Å². The maximum absolute atomic E-state index is 11.9. The van der Waals surface area contributed by atoms with Gasteiger partial charge in [0, 0.05) is 11.6 Å². The van der Waals surface area contributed by atoms with Gasteiger partial charge in [-0.1, -0.05) is 60.7 Å². The van der Waals surface area contributed by atoms with Crippen LogP contribution in [-0.4, -0.2) is 9.97 Å². The van der Waals surface area contributed by atoms with Crippen molar-refractivity contribution in [1.29, 1.82) is 0 Å². The van der Waals surface area contributed by atoms with Crippen LogP contribution in [0.1, 0.15) is 17.4 Å². The SMILES string of the molecule is N[C@@H](Cc1ccccc1)c1nc(-c2ccccc2)cc(=O)[nH]1. The molecule has 0 aliphatic rings. The summed E-state index contributed by atoms with van der Waals surface area (Å²) in [5.41, 5.74) is 8.68. The van der Waals surface area contributed by atoms with E-state index >= 15 is 0 Å². The number of hydrogen-bond donors (Lipinski definition) is 2. The Morgan fingerprint density at radius 2 is 1.64 bits per heavy atom. The van der Waals surface area contributed by atoms with Gasteiger partial charge in [-0.3, -0.25) is 4.79 Å². The number of nitrogens with zero attached hydrogens (tertiary/aromatic N) is 1. The molecule has 0 aliphatic heterocycles. The van der Waals surface area contributed by atoms with Crippen LogP contribution < -0.4 is 11.3 Å². The number of H-pyrrole nitrogens is 1. The Kier molecular flexibility index (Phi) is 4.12. The van der Waals surface area contributed by atoms with Crippen molar-refractivity contribution >= 4 is 0 Å². The quantitative estimate of drug-likeness (QED) is 0.776. The van der Waals surface area contributed by atoms with Crippen LogP contribution in [0.4, 0.5) is 0 Å². The molecule has 4 heteroatoms. The van der Waals surface area contributed by atoms with E-state index in [0.717, 1.165) is 11.1 Å². The summed E-state index contributed by atoms with van der Waals surface area (Å²) in [6, 6.07) is 20.7. The number of nitrogens with one attached hydrogen (secondary N) is 1. The molecule has 0 aliphatic carbocycles. The van der Waals surface area contributed by atoms with Crippen molar-refractivity contribution in [3.63, 3.8) is 0 Å². The molecule has 2 aromatic carbocycles. The number of rotatable bonds is 4. The summed E-state index contributed by atoms with van der Waals surface area (Å²) in [6.07, 6.45) is 0.627. The van der Waals surface area contributed by atoms with E-state index in [2.05, 4.69) is 9.97 Å². The van der Waals surface area contributed by atoms with Gasteiger partial charge in [0.2, 0.25) is 0 Å². The zero-order valence-corrected chi connectivity index (χ0v) is 12.1. The molecule has 0 fully saturated rings. The van der Waals surface area contributed by atoms with Crippen LogP contribution in [0.25, 0.3) is 11.3 Å². The highest BCUT2D eigenvalue weighted by Gasteiger charge is 2.12. The third-order valence-corrected chi connectivity index (χ3v) is 3.48. The van der Waals surface area contributed by atoms with Crippen LogP contribution in [0, 0.1) is 0 Å². The zero-order valence-electron chi connectivity index (χ0n) is 12.1. The normalized spacial score (nSPS) is 12.0. The lowest BCUT2D eigenvalue weighted by Crippen LogP contribution is -2.21. The van der Waals surface area contributed by atoms with Crippen molar-refractivity contribution in [3.8, 4) is 11.3 Å². The highest BCUT2D eigenvalue weighted by Crippen LogP contribution is 2.17. The molecule has 0 spiro atoms. The molecule has 110 valence electrons. The van der Waals surface area contributed by atoms with E-state index < -0.39 is 0 Å². The number of benzene rings is 2. The number of aromatic nitrogens is 2. The molecule has 0 saturated heterocycles. The first-order valence-corrected chi connectivity index (χ1v) is 7.18. The van der Waals surface area contributed by atoms with Gasteiger partial charge in [-0.05, 0) is 12.0 Å². The maximum Gasteiger partial charge on any atom is 0.251 e. The Bertz CT molecular complexity index is 797. The van der Waals surface area contributed by atoms with E-state index in [9.17, 15) is 4.79 Å². The fourth-order valence-corrected chi connectivity index (χ4v) is 2.37. The molecule has 3 aromatic rings. The molecule has 1 heterocycles. The minimum Gasteiger partial charge on any atom is -0.321 e. The van der Waals surface area contributed by atoms with Crippen LogP contribution in [0.3, 0.4) is 0 Å². The molecule has 4 nitrogen and oxygen atoms in total. The smallest absolute Gasteiger partial charge is 0.251 e. The summed E-state index contributed by atoms with van der Waals surface area (Å²) < 4.78 is 0. The monoisotopic (exact) mass is 291 g/mol. The van der Waals surface area contributed by atoms with Gasteiger partial charge < -0.3 is 10.7 Å². The van der Waals surface area contributed by atoms with Crippen molar-refractivity contribution < 1.29 is 0 Å². The number of hydrogen-bond acceptors (Lipinski definition) is 3. The minimum absolute atomic E-state index is 0.188. The van der Waals surface area contributed by atoms with Gasteiger partial charge in [-0.15, -0.1) is 0 Å². The highest BCUT2D eigenvalue weighted by molar-refractivity contribution is 5.58. The van der Waals surface area contributed by atoms with Gasteiger partial charge in [0.25, 0.3) is 5.56 Å². The van der Waals surface area contributed by atoms with Gasteiger partial charge in [0.15, 0.2) is 0 Å². The van der Waals surface area contributed by atoms with Crippen molar-refractivity contribution in [2.45, 2.75) is 12.5 Å². The number of aromatic amines is 1. The van der Waals surface area contributed by atoms with Gasteiger partial charge in [-0.25, -0.2) is 4.98 Å². The summed E-state index contributed by atoms with van der Waals surface area (Å²) in [6.45, 7) is 0. The molecule has 1 aromatic heterocycles. The molecule has 0 bridgehead atoms. The van der Waals surface area contributed by atoms with Crippen molar-refractivity contribution in [2.24, 2.45) is 5.73 Å². The molecule has 0 radical (unpaired) electrons. The largest absolute Gasteiger partial charge is 0.321 e. The highest BCUT2D eigenvalue weighted by atomic mass is 16.1. The van der Waals surface area contributed by atoms with Crippen LogP contribution in [0.15, 0.2) is 71.5 Å². The Hall–Kier alpha value is -2.72. The fourth-order valence-electron chi connectivity index (χ4n) is 2.37. The van der Waals surface area contributed by atoms with Gasteiger partial charge in [0.1, 0.15) is 5.82 Å². The second-order valence-corrected chi connectivity index (χ2v) is 5.18. The van der Waals surface area contributed by atoms with E-state index in [1.165, 1.54) is 6.07 Å². The topological polar surface area (TPSA) is 71.8 Å². The second-order valence-electron chi connectivity index (χ2n) is 5.18. The van der Waals surface area contributed by atoms with Gasteiger partial charge >= 0.3 is 0 Å². The lowest BCUT2D eigenvalue weighted by atomic mass is 10.1. The summed E-state index contributed by atoms with van der Waals surface area (Å²) in [5, 5.41) is 0. The molecule has 0 saturated carbocycles. The van der Waals surface area contributed by atoms with Crippen molar-refractivity contribution in [3.05, 3.63) is 88.5 Å². The van der Waals surface area contributed by atoms with Crippen LogP contribution in [-0.2, 0) is 6.42 Å². The molecular weight excluding hydrogens is 274 g/mol. The molecule has 3 N–H and O–H groups in total. The summed E-state index contributed by atoms with van der Waals surface area (Å²) in [7, 11) is 0. The Balaban J connectivity index is 1.91. The van der Waals surface area contributed by atoms with Crippen molar-refractivity contribution in [2.75, 3.05) is 0 Å². The maximum atomic E-state index is 11.9. The lowest BCUT2D eigenvalue weighted by molar-refractivity contribution is 0.664. The summed E-state index contributed by atoms with van der Waals surface area (Å²) in [4.78, 5) is 19.2. The minimum atomic E-state index is -0.348. The Morgan fingerprint density at radius 3 is 2.32 bits per heavy atom. The van der Waals surface area contributed by atoms with Gasteiger partial charge in [0.05, 0.1) is 11.7 Å². The predicted molar refractivity (Wildman–Crippen MR) is 87.4 cm³/mol. The fraction of sp³-hybridized carbons (Fsp3) is 0.111. The zero-order chi connectivity index (χ0) is 15.4. The average molecular weight is 291 g/mol. The van der Waals surface area contributed by atoms with Crippen molar-refractivity contribution in [1.82, 2.24) is 9.97 Å². The molecular formula is C18H17N3O. The first-order chi connectivity index (χ1) is 10.7.